The van der Waals surface area contributed by atoms with Crippen molar-refractivity contribution in [2.24, 2.45) is 0 Å². The van der Waals surface area contributed by atoms with Crippen LogP contribution in [0.4, 0.5) is 17.1 Å². The minimum atomic E-state index is -0.303. The van der Waals surface area contributed by atoms with Crippen LogP contribution in [0.3, 0.4) is 0 Å². The topological polar surface area (TPSA) is 34.0 Å². The summed E-state index contributed by atoms with van der Waals surface area (Å²) in [6, 6.07) is 94.5. The number of nitrogens with zero attached hydrogens (tertiary/aromatic N) is 4. The molecule has 4 heteroatoms. The van der Waals surface area contributed by atoms with Crippen LogP contribution < -0.4 is 4.90 Å². The molecule has 0 N–H and O–H groups in total. The van der Waals surface area contributed by atoms with E-state index in [0.717, 1.165) is 84.0 Å². The number of hydrogen-bond donors (Lipinski definition) is 0. The second kappa shape index (κ2) is 17.7. The first kappa shape index (κ1) is 47.0. The van der Waals surface area contributed by atoms with Gasteiger partial charge in [0.05, 0.1) is 27.9 Å². The molecule has 0 unspecified atom stereocenters. The Hall–Kier alpha value is -10.7. The lowest BCUT2D eigenvalue weighted by molar-refractivity contribution is 0.662. The third-order valence-electron chi connectivity index (χ3n) is 18.7. The highest BCUT2D eigenvalue weighted by atomic mass is 15.2. The third-order valence-corrected chi connectivity index (χ3v) is 18.7. The molecule has 0 bridgehead atoms. The zero-order valence-corrected chi connectivity index (χ0v) is 46.4. The number of aromatic nitrogens is 3. The van der Waals surface area contributed by atoms with Crippen LogP contribution >= 0.6 is 0 Å². The third kappa shape index (κ3) is 6.82. The average molecular weight is 1070 g/mol. The van der Waals surface area contributed by atoms with Gasteiger partial charge < -0.3 is 4.90 Å². The average Bonchev–Trinajstić information content (AvgIpc) is 1.64. The molecule has 2 aliphatic rings. The Labute approximate surface area is 485 Å². The van der Waals surface area contributed by atoms with Gasteiger partial charge in [-0.05, 0) is 178 Å². The van der Waals surface area contributed by atoms with E-state index in [1.165, 1.54) is 92.6 Å². The van der Waals surface area contributed by atoms with Gasteiger partial charge in [0.15, 0.2) is 0 Å². The largest absolute Gasteiger partial charge is 0.310 e. The second-order valence-electron chi connectivity index (χ2n) is 23.6. The molecule has 2 aliphatic carbocycles. The van der Waals surface area contributed by atoms with Crippen LogP contribution in [-0.4, -0.2) is 14.5 Å². The SMILES string of the molecule is CC1(C)c2cc3c4ccccc4c4ccccc4c3cc2-c2cc3c(cc21)c1cc(-c2cccc(N(c4cc5c6c(cccc6c4)CC=C5)c4cccc5ccccc45)c2)ccc1n3-c1nc(-c2ccccc2)c2ccc3ccccc3c2n1. The van der Waals surface area contributed by atoms with Crippen molar-refractivity contribution in [2.75, 3.05) is 4.90 Å². The summed E-state index contributed by atoms with van der Waals surface area (Å²) < 4.78 is 2.35. The van der Waals surface area contributed by atoms with E-state index in [-0.39, 0.29) is 5.41 Å². The van der Waals surface area contributed by atoms with Gasteiger partial charge in [-0.25, -0.2) is 9.97 Å². The summed E-state index contributed by atoms with van der Waals surface area (Å²) in [6.45, 7) is 4.83. The Balaban J connectivity index is 0.891. The minimum absolute atomic E-state index is 0.303. The molecule has 0 saturated heterocycles. The monoisotopic (exact) mass is 1070 g/mol. The second-order valence-corrected chi connectivity index (χ2v) is 23.6. The maximum atomic E-state index is 5.68. The van der Waals surface area contributed by atoms with Crippen molar-refractivity contribution in [2.45, 2.75) is 25.7 Å². The smallest absolute Gasteiger partial charge is 0.235 e. The van der Waals surface area contributed by atoms with Gasteiger partial charge >= 0.3 is 0 Å². The molecule has 18 rings (SSSR count). The number of fused-ring (bicyclic) bond motifs is 16. The Morgan fingerprint density at radius 2 is 1.00 bits per heavy atom. The molecule has 0 spiro atoms. The van der Waals surface area contributed by atoms with Crippen molar-refractivity contribution in [3.8, 4) is 39.5 Å². The van der Waals surface area contributed by atoms with Gasteiger partial charge in [0, 0.05) is 49.3 Å². The van der Waals surface area contributed by atoms with Crippen molar-refractivity contribution in [3.05, 3.63) is 283 Å². The fraction of sp³-hybridized carbons (Fsp3) is 0.0500. The molecule has 84 heavy (non-hydrogen) atoms. The molecule has 392 valence electrons. The summed E-state index contributed by atoms with van der Waals surface area (Å²) in [5.41, 5.74) is 18.1. The zero-order valence-electron chi connectivity index (χ0n) is 46.4. The highest BCUT2D eigenvalue weighted by Gasteiger charge is 2.37. The lowest BCUT2D eigenvalue weighted by Gasteiger charge is -2.28. The molecule has 0 atom stereocenters. The predicted octanol–water partition coefficient (Wildman–Crippen LogP) is 21.3. The molecule has 0 amide bonds. The molecule has 14 aromatic carbocycles. The highest BCUT2D eigenvalue weighted by Crippen LogP contribution is 2.54. The first-order valence-corrected chi connectivity index (χ1v) is 29.3. The van der Waals surface area contributed by atoms with Crippen LogP contribution in [0.5, 0.6) is 0 Å². The molecule has 4 nitrogen and oxygen atoms in total. The number of rotatable bonds is 6. The van der Waals surface area contributed by atoms with E-state index >= 15 is 0 Å². The minimum Gasteiger partial charge on any atom is -0.310 e. The van der Waals surface area contributed by atoms with E-state index in [0.29, 0.717) is 5.95 Å². The summed E-state index contributed by atoms with van der Waals surface area (Å²) in [5, 5.41) is 18.3. The van der Waals surface area contributed by atoms with Gasteiger partial charge in [-0.3, -0.25) is 4.57 Å². The summed E-state index contributed by atoms with van der Waals surface area (Å²) in [6.07, 6.45) is 5.55. The van der Waals surface area contributed by atoms with Gasteiger partial charge in [-0.1, -0.05) is 208 Å². The maximum absolute atomic E-state index is 5.68. The van der Waals surface area contributed by atoms with E-state index in [4.69, 9.17) is 9.97 Å². The predicted molar refractivity (Wildman–Crippen MR) is 355 cm³/mol. The van der Waals surface area contributed by atoms with Gasteiger partial charge in [0.2, 0.25) is 5.95 Å². The van der Waals surface area contributed by atoms with Crippen LogP contribution in [0.25, 0.3) is 143 Å². The van der Waals surface area contributed by atoms with E-state index < -0.39 is 0 Å². The van der Waals surface area contributed by atoms with E-state index in [9.17, 15) is 0 Å². The van der Waals surface area contributed by atoms with Crippen molar-refractivity contribution in [1.29, 1.82) is 0 Å². The molecule has 2 aromatic heterocycles. The number of hydrogen-bond acceptors (Lipinski definition) is 3. The quantitative estimate of drug-likeness (QED) is 0.156. The van der Waals surface area contributed by atoms with Crippen molar-refractivity contribution in [3.63, 3.8) is 0 Å². The first-order chi connectivity index (χ1) is 41.4. The van der Waals surface area contributed by atoms with Crippen LogP contribution in [0.15, 0.2) is 261 Å². The summed E-state index contributed by atoms with van der Waals surface area (Å²) in [7, 11) is 0. The van der Waals surface area contributed by atoms with E-state index in [1.54, 1.807) is 0 Å². The normalized spacial score (nSPS) is 13.4. The summed E-state index contributed by atoms with van der Waals surface area (Å²) in [5.74, 6) is 0.642. The van der Waals surface area contributed by atoms with Crippen LogP contribution in [-0.2, 0) is 11.8 Å². The number of allylic oxidation sites excluding steroid dienone is 1. The van der Waals surface area contributed by atoms with Crippen molar-refractivity contribution >= 4 is 120 Å². The fourth-order valence-electron chi connectivity index (χ4n) is 14.7. The van der Waals surface area contributed by atoms with Crippen molar-refractivity contribution in [1.82, 2.24) is 14.5 Å². The molecular weight excluding hydrogens is 1020 g/mol. The molecule has 0 radical (unpaired) electrons. The summed E-state index contributed by atoms with van der Waals surface area (Å²) in [4.78, 5) is 13.8. The molecular formula is C80H52N4. The summed E-state index contributed by atoms with van der Waals surface area (Å²) >= 11 is 0. The van der Waals surface area contributed by atoms with Gasteiger partial charge in [-0.15, -0.1) is 0 Å². The van der Waals surface area contributed by atoms with Gasteiger partial charge in [0.25, 0.3) is 0 Å². The van der Waals surface area contributed by atoms with Crippen LogP contribution in [0.1, 0.15) is 36.1 Å². The molecule has 16 aromatic rings. The molecule has 0 aliphatic heterocycles. The van der Waals surface area contributed by atoms with Crippen LogP contribution in [0, 0.1) is 0 Å². The number of benzene rings is 14. The van der Waals surface area contributed by atoms with Gasteiger partial charge in [-0.2, -0.15) is 0 Å². The highest BCUT2D eigenvalue weighted by molar-refractivity contribution is 6.26. The first-order valence-electron chi connectivity index (χ1n) is 29.3. The Kier molecular flexibility index (Phi) is 9.88. The molecule has 0 saturated carbocycles. The zero-order chi connectivity index (χ0) is 55.4. The fourth-order valence-corrected chi connectivity index (χ4v) is 14.7. The molecule has 2 heterocycles. The standard InChI is InChI=1S/C80H52N4/c1-80(2)71-45-66-63-34-13-11-32-61(63)60-31-10-12-33-62(60)65(66)44-67(71)68-47-75-70(46-72(68)80)69-43-53(37-39-74(69)84(75)79-81-77(51-20-4-3-5-21-51)64-38-36-49-19-7-9-30-59(49)78(64)82-79)52-25-16-28-56(40-52)83(73-35-17-22-48-18-6-8-29-58(48)73)57-41-54-26-14-23-50-24-15-27-55(42-57)76(50)54/h3-23,25-47H,24H2,1-2H3. The lowest BCUT2D eigenvalue weighted by atomic mass is 9.81. The molecule has 0 fully saturated rings. The Bertz CT molecular complexity index is 5560. The maximum Gasteiger partial charge on any atom is 0.235 e. The Morgan fingerprint density at radius 3 is 1.80 bits per heavy atom. The van der Waals surface area contributed by atoms with E-state index in [2.05, 4.69) is 290 Å². The van der Waals surface area contributed by atoms with E-state index in [1.807, 2.05) is 0 Å². The van der Waals surface area contributed by atoms with Crippen molar-refractivity contribution < 1.29 is 0 Å². The van der Waals surface area contributed by atoms with Gasteiger partial charge in [0.1, 0.15) is 0 Å². The lowest BCUT2D eigenvalue weighted by Crippen LogP contribution is -2.15. The Morgan fingerprint density at radius 1 is 0.393 bits per heavy atom. The van der Waals surface area contributed by atoms with Crippen LogP contribution in [0.2, 0.25) is 0 Å². The number of anilines is 3.